The van der Waals surface area contributed by atoms with E-state index < -0.39 is 17.5 Å². The molecule has 1 aromatic heterocycles. The number of hydrogen-bond acceptors (Lipinski definition) is 2. The highest BCUT2D eigenvalue weighted by Crippen LogP contribution is 2.23. The standard InChI is InChI=1S/C10H3Cl2F3N2/c11-7-3-8(12)17-10(16-7)4-1-5(13)9(15)6(14)2-4/h1-3H. The van der Waals surface area contributed by atoms with Crippen LogP contribution in [0.25, 0.3) is 11.4 Å². The van der Waals surface area contributed by atoms with Crippen molar-refractivity contribution in [3.8, 4) is 11.4 Å². The quantitative estimate of drug-likeness (QED) is 0.585. The predicted octanol–water partition coefficient (Wildman–Crippen LogP) is 3.87. The topological polar surface area (TPSA) is 25.8 Å². The lowest BCUT2D eigenvalue weighted by atomic mass is 10.2. The van der Waals surface area contributed by atoms with E-state index in [4.69, 9.17) is 23.2 Å². The third-order valence-corrected chi connectivity index (χ3v) is 2.29. The van der Waals surface area contributed by atoms with Gasteiger partial charge in [0.2, 0.25) is 0 Å². The fourth-order valence-electron chi connectivity index (χ4n) is 1.20. The lowest BCUT2D eigenvalue weighted by Crippen LogP contribution is -1.95. The van der Waals surface area contributed by atoms with Crippen LogP contribution in [-0.2, 0) is 0 Å². The molecule has 0 aliphatic rings. The van der Waals surface area contributed by atoms with Crippen LogP contribution in [0.15, 0.2) is 18.2 Å². The van der Waals surface area contributed by atoms with Gasteiger partial charge in [0.15, 0.2) is 23.3 Å². The van der Waals surface area contributed by atoms with Gasteiger partial charge in [-0.1, -0.05) is 23.2 Å². The van der Waals surface area contributed by atoms with E-state index in [2.05, 4.69) is 9.97 Å². The molecule has 0 amide bonds. The summed E-state index contributed by atoms with van der Waals surface area (Å²) in [6.07, 6.45) is 0. The maximum Gasteiger partial charge on any atom is 0.194 e. The molecule has 0 fully saturated rings. The van der Waals surface area contributed by atoms with Crippen LogP contribution in [0.3, 0.4) is 0 Å². The molecule has 2 rings (SSSR count). The lowest BCUT2D eigenvalue weighted by Gasteiger charge is -2.03. The van der Waals surface area contributed by atoms with Gasteiger partial charge in [-0.3, -0.25) is 0 Å². The van der Waals surface area contributed by atoms with Crippen molar-refractivity contribution >= 4 is 23.2 Å². The summed E-state index contributed by atoms with van der Waals surface area (Å²) in [5.41, 5.74) is -0.0502. The summed E-state index contributed by atoms with van der Waals surface area (Å²) in [5.74, 6) is -4.30. The molecule has 0 bridgehead atoms. The summed E-state index contributed by atoms with van der Waals surface area (Å²) >= 11 is 11.2. The van der Waals surface area contributed by atoms with Crippen LogP contribution in [0.4, 0.5) is 13.2 Å². The van der Waals surface area contributed by atoms with Gasteiger partial charge in [0.25, 0.3) is 0 Å². The van der Waals surface area contributed by atoms with Crippen molar-refractivity contribution in [3.05, 3.63) is 46.0 Å². The maximum atomic E-state index is 13.0. The third kappa shape index (κ3) is 2.50. The second kappa shape index (κ2) is 4.50. The van der Waals surface area contributed by atoms with E-state index in [1.807, 2.05) is 0 Å². The van der Waals surface area contributed by atoms with Crippen molar-refractivity contribution < 1.29 is 13.2 Å². The summed E-state index contributed by atoms with van der Waals surface area (Å²) in [7, 11) is 0. The van der Waals surface area contributed by atoms with Gasteiger partial charge < -0.3 is 0 Å². The first-order valence-electron chi connectivity index (χ1n) is 4.32. The number of rotatable bonds is 1. The van der Waals surface area contributed by atoms with Gasteiger partial charge in [0.1, 0.15) is 10.3 Å². The lowest BCUT2D eigenvalue weighted by molar-refractivity contribution is 0.447. The van der Waals surface area contributed by atoms with Gasteiger partial charge in [-0.05, 0) is 12.1 Å². The first-order chi connectivity index (χ1) is 7.97. The van der Waals surface area contributed by atoms with Gasteiger partial charge in [-0.15, -0.1) is 0 Å². The Hall–Kier alpha value is -1.33. The Morgan fingerprint density at radius 1 is 0.824 bits per heavy atom. The summed E-state index contributed by atoms with van der Waals surface area (Å²) in [6.45, 7) is 0. The van der Waals surface area contributed by atoms with E-state index in [0.29, 0.717) is 0 Å². The van der Waals surface area contributed by atoms with E-state index in [1.165, 1.54) is 6.07 Å². The Labute approximate surface area is 104 Å². The molecule has 2 nitrogen and oxygen atoms in total. The second-order valence-electron chi connectivity index (χ2n) is 3.09. The normalized spacial score (nSPS) is 10.6. The average Bonchev–Trinajstić information content (AvgIpc) is 2.23. The van der Waals surface area contributed by atoms with Crippen LogP contribution < -0.4 is 0 Å². The molecule has 0 radical (unpaired) electrons. The van der Waals surface area contributed by atoms with E-state index in [9.17, 15) is 13.2 Å². The zero-order valence-electron chi connectivity index (χ0n) is 8.02. The van der Waals surface area contributed by atoms with Crippen LogP contribution in [0.5, 0.6) is 0 Å². The molecule has 1 aromatic carbocycles. The number of benzene rings is 1. The molecule has 1 heterocycles. The SMILES string of the molecule is Fc1cc(-c2nc(Cl)cc(Cl)n2)cc(F)c1F. The van der Waals surface area contributed by atoms with E-state index in [1.54, 1.807) is 0 Å². The first kappa shape index (κ1) is 12.1. The largest absolute Gasteiger partial charge is 0.216 e. The molecule has 17 heavy (non-hydrogen) atoms. The number of halogens is 5. The van der Waals surface area contributed by atoms with Crippen molar-refractivity contribution in [2.75, 3.05) is 0 Å². The molecule has 0 spiro atoms. The highest BCUT2D eigenvalue weighted by atomic mass is 35.5. The zero-order chi connectivity index (χ0) is 12.6. The fraction of sp³-hybridized carbons (Fsp3) is 0. The third-order valence-electron chi connectivity index (χ3n) is 1.91. The number of nitrogens with zero attached hydrogens (tertiary/aromatic N) is 2. The highest BCUT2D eigenvalue weighted by molar-refractivity contribution is 6.33. The van der Waals surface area contributed by atoms with Crippen molar-refractivity contribution in [1.29, 1.82) is 0 Å². The molecule has 0 saturated heterocycles. The Balaban J connectivity index is 2.60. The van der Waals surface area contributed by atoms with Crippen molar-refractivity contribution in [3.63, 3.8) is 0 Å². The van der Waals surface area contributed by atoms with Gasteiger partial charge in [0.05, 0.1) is 0 Å². The fourth-order valence-corrected chi connectivity index (χ4v) is 1.63. The maximum absolute atomic E-state index is 13.0. The molecular formula is C10H3Cl2F3N2. The van der Waals surface area contributed by atoms with E-state index in [-0.39, 0.29) is 21.7 Å². The van der Waals surface area contributed by atoms with E-state index in [0.717, 1.165) is 12.1 Å². The summed E-state index contributed by atoms with van der Waals surface area (Å²) in [5, 5.41) is 0.0373. The van der Waals surface area contributed by atoms with Gasteiger partial charge in [0, 0.05) is 11.6 Å². The van der Waals surface area contributed by atoms with Gasteiger partial charge in [-0.25, -0.2) is 23.1 Å². The van der Waals surface area contributed by atoms with E-state index >= 15 is 0 Å². The molecule has 2 aromatic rings. The molecule has 7 heteroatoms. The molecule has 88 valence electrons. The van der Waals surface area contributed by atoms with Crippen LogP contribution in [-0.4, -0.2) is 9.97 Å². The Kier molecular flexibility index (Phi) is 3.22. The van der Waals surface area contributed by atoms with Crippen LogP contribution >= 0.6 is 23.2 Å². The Morgan fingerprint density at radius 3 is 1.76 bits per heavy atom. The summed E-state index contributed by atoms with van der Waals surface area (Å²) < 4.78 is 38.7. The summed E-state index contributed by atoms with van der Waals surface area (Å²) in [6, 6.07) is 2.80. The van der Waals surface area contributed by atoms with Crippen LogP contribution in [0, 0.1) is 17.5 Å². The molecule has 0 aliphatic heterocycles. The van der Waals surface area contributed by atoms with Crippen molar-refractivity contribution in [2.45, 2.75) is 0 Å². The van der Waals surface area contributed by atoms with Crippen LogP contribution in [0.1, 0.15) is 0 Å². The Morgan fingerprint density at radius 2 is 1.29 bits per heavy atom. The number of hydrogen-bond donors (Lipinski definition) is 0. The van der Waals surface area contributed by atoms with Gasteiger partial charge in [-0.2, -0.15) is 0 Å². The molecular weight excluding hydrogens is 276 g/mol. The summed E-state index contributed by atoms with van der Waals surface area (Å²) in [4.78, 5) is 7.46. The minimum Gasteiger partial charge on any atom is -0.216 e. The smallest absolute Gasteiger partial charge is 0.194 e. The first-order valence-corrected chi connectivity index (χ1v) is 5.08. The van der Waals surface area contributed by atoms with Gasteiger partial charge >= 0.3 is 0 Å². The minimum atomic E-state index is -1.55. The molecule has 0 atom stereocenters. The number of aromatic nitrogens is 2. The second-order valence-corrected chi connectivity index (χ2v) is 3.87. The molecule has 0 unspecified atom stereocenters. The van der Waals surface area contributed by atoms with Crippen molar-refractivity contribution in [2.24, 2.45) is 0 Å². The monoisotopic (exact) mass is 278 g/mol. The van der Waals surface area contributed by atoms with Crippen LogP contribution in [0.2, 0.25) is 10.3 Å². The molecule has 0 aliphatic carbocycles. The Bertz CT molecular complexity index is 547. The van der Waals surface area contributed by atoms with Crippen molar-refractivity contribution in [1.82, 2.24) is 9.97 Å². The zero-order valence-corrected chi connectivity index (χ0v) is 9.53. The highest BCUT2D eigenvalue weighted by Gasteiger charge is 2.13. The minimum absolute atomic E-state index is 0.0186. The molecule has 0 N–H and O–H groups in total. The molecule has 0 saturated carbocycles. The predicted molar refractivity (Wildman–Crippen MR) is 57.4 cm³/mol. The average molecular weight is 279 g/mol.